The number of fused-ring (bicyclic) bond motifs is 6. The third-order valence-corrected chi connectivity index (χ3v) is 25.5. The Hall–Kier alpha value is -8.31. The molecule has 0 N–H and O–H groups in total. The first-order valence-corrected chi connectivity index (χ1v) is 26.3. The molecule has 1 aliphatic rings. The highest BCUT2D eigenvalue weighted by Crippen LogP contribution is 2.45. The van der Waals surface area contributed by atoms with E-state index in [1.807, 2.05) is 0 Å². The van der Waals surface area contributed by atoms with Crippen LogP contribution in [0.5, 0.6) is 0 Å². The maximum atomic E-state index is 5.89. The van der Waals surface area contributed by atoms with Crippen LogP contribution in [0.25, 0.3) is 55.2 Å². The topological polar surface area (TPSA) is 42.1 Å². The quantitative estimate of drug-likeness (QED) is 0.143. The van der Waals surface area contributed by atoms with Gasteiger partial charge in [-0.15, -0.1) is 0 Å². The maximum absolute atomic E-state index is 5.89. The molecule has 0 bridgehead atoms. The van der Waals surface area contributed by atoms with Gasteiger partial charge in [-0.3, -0.25) is 9.13 Å². The summed E-state index contributed by atoms with van der Waals surface area (Å²) in [7, 11) is -6.76. The molecule has 4 aromatic heterocycles. The fourth-order valence-corrected chi connectivity index (χ4v) is 26.0. The zero-order valence-electron chi connectivity index (χ0n) is 35.9. The molecule has 8 heteroatoms. The average molecular weight is 879 g/mol. The molecular formula is C58H42N6Si2. The third kappa shape index (κ3) is 5.40. The molecule has 0 spiro atoms. The lowest BCUT2D eigenvalue weighted by molar-refractivity contribution is 1.04. The normalized spacial score (nSPS) is 14.2. The van der Waals surface area contributed by atoms with Crippen molar-refractivity contribution in [3.63, 3.8) is 0 Å². The van der Waals surface area contributed by atoms with Crippen molar-refractivity contribution in [2.75, 3.05) is 8.46 Å². The van der Waals surface area contributed by atoms with Crippen molar-refractivity contribution < 1.29 is 0 Å². The highest BCUT2D eigenvalue weighted by Gasteiger charge is 2.76. The van der Waals surface area contributed by atoms with Crippen LogP contribution in [0.3, 0.4) is 0 Å². The molecule has 0 unspecified atom stereocenters. The molecule has 12 aromatic rings. The van der Waals surface area contributed by atoms with Crippen molar-refractivity contribution in [3.8, 4) is 11.6 Å². The number of anilines is 2. The molecule has 0 aliphatic carbocycles. The molecule has 13 rings (SSSR count). The Morgan fingerprint density at radius 1 is 0.227 bits per heavy atom. The largest absolute Gasteiger partial charge is 0.363 e. The molecule has 0 atom stereocenters. The van der Waals surface area contributed by atoms with Crippen molar-refractivity contribution in [2.24, 2.45) is 0 Å². The number of nitrogens with zero attached hydrogens (tertiary/aromatic N) is 6. The minimum atomic E-state index is -3.38. The number of pyridine rings is 2. The summed E-state index contributed by atoms with van der Waals surface area (Å²) in [5.74, 6) is 3.62. The zero-order valence-corrected chi connectivity index (χ0v) is 37.9. The van der Waals surface area contributed by atoms with E-state index < -0.39 is 16.8 Å². The number of hydrogen-bond acceptors (Lipinski definition) is 4. The number of para-hydroxylation sites is 4. The lowest BCUT2D eigenvalue weighted by Crippen LogP contribution is -3.07. The summed E-state index contributed by atoms with van der Waals surface area (Å²) in [6.07, 6.45) is 0. The van der Waals surface area contributed by atoms with E-state index in [1.54, 1.807) is 0 Å². The Labute approximate surface area is 384 Å². The van der Waals surface area contributed by atoms with Crippen molar-refractivity contribution in [1.82, 2.24) is 19.1 Å². The maximum Gasteiger partial charge on any atom is 0.320 e. The van der Waals surface area contributed by atoms with Gasteiger partial charge in [0.2, 0.25) is 0 Å². The van der Waals surface area contributed by atoms with E-state index in [9.17, 15) is 0 Å². The molecule has 312 valence electrons. The number of rotatable bonds is 8. The first-order valence-electron chi connectivity index (χ1n) is 22.5. The van der Waals surface area contributed by atoms with Crippen LogP contribution in [-0.4, -0.2) is 35.9 Å². The Kier molecular flexibility index (Phi) is 8.77. The second kappa shape index (κ2) is 15.2. The molecule has 0 amide bonds. The lowest BCUT2D eigenvalue weighted by Gasteiger charge is -2.71. The van der Waals surface area contributed by atoms with Crippen LogP contribution >= 0.6 is 0 Å². The minimum absolute atomic E-state index is 0.878. The molecule has 8 aromatic carbocycles. The van der Waals surface area contributed by atoms with E-state index in [0.29, 0.717) is 0 Å². The predicted octanol–water partition coefficient (Wildman–Crippen LogP) is 10.5. The Morgan fingerprint density at radius 2 is 0.470 bits per heavy atom. The SMILES string of the molecule is c1ccc([Si]2(c3ccccc3)N(c3cccc(-n4c5ccccc5c5ccccc54)n3)[Si](c3ccccc3)(c3ccccc3)N2c2cccc(-n3c4ccccc4c4ccccc43)n2)cc1. The van der Waals surface area contributed by atoms with Crippen LogP contribution in [0, 0.1) is 0 Å². The van der Waals surface area contributed by atoms with Gasteiger partial charge < -0.3 is 8.46 Å². The van der Waals surface area contributed by atoms with Crippen LogP contribution in [-0.2, 0) is 0 Å². The van der Waals surface area contributed by atoms with Gasteiger partial charge >= 0.3 is 16.8 Å². The summed E-state index contributed by atoms with van der Waals surface area (Å²) in [6.45, 7) is 0. The van der Waals surface area contributed by atoms with Crippen LogP contribution in [0.1, 0.15) is 0 Å². The second-order valence-electron chi connectivity index (χ2n) is 16.9. The summed E-state index contributed by atoms with van der Waals surface area (Å²) in [4.78, 5) is 11.8. The first kappa shape index (κ1) is 38.2. The van der Waals surface area contributed by atoms with E-state index in [4.69, 9.17) is 9.97 Å². The Bertz CT molecular complexity index is 3300. The Balaban J connectivity index is 1.16. The monoisotopic (exact) mass is 878 g/mol. The minimum Gasteiger partial charge on any atom is -0.363 e. The molecule has 0 radical (unpaired) electrons. The van der Waals surface area contributed by atoms with Crippen molar-refractivity contribution in [3.05, 3.63) is 255 Å². The van der Waals surface area contributed by atoms with Gasteiger partial charge in [0.25, 0.3) is 0 Å². The fraction of sp³-hybridized carbons (Fsp3) is 0. The highest BCUT2D eigenvalue weighted by molar-refractivity contribution is 7.38. The summed E-state index contributed by atoms with van der Waals surface area (Å²) < 4.78 is 10.3. The molecule has 6 nitrogen and oxygen atoms in total. The molecule has 0 saturated carbocycles. The molecular weight excluding hydrogens is 837 g/mol. The zero-order chi connectivity index (χ0) is 43.7. The Morgan fingerprint density at radius 3 is 0.758 bits per heavy atom. The van der Waals surface area contributed by atoms with Crippen LogP contribution in [0.4, 0.5) is 11.6 Å². The van der Waals surface area contributed by atoms with Crippen molar-refractivity contribution in [1.29, 1.82) is 0 Å². The molecule has 5 heterocycles. The van der Waals surface area contributed by atoms with Gasteiger partial charge in [-0.1, -0.05) is 206 Å². The average Bonchev–Trinajstić information content (AvgIpc) is 3.91. The second-order valence-corrected chi connectivity index (χ2v) is 24.6. The smallest absolute Gasteiger partial charge is 0.320 e. The van der Waals surface area contributed by atoms with Gasteiger partial charge in [-0.2, -0.15) is 0 Å². The predicted molar refractivity (Wildman–Crippen MR) is 278 cm³/mol. The molecule has 1 saturated heterocycles. The number of benzene rings is 8. The molecule has 1 aliphatic heterocycles. The van der Waals surface area contributed by atoms with Crippen molar-refractivity contribution >= 4 is 92.8 Å². The van der Waals surface area contributed by atoms with Gasteiger partial charge in [-0.25, -0.2) is 9.97 Å². The van der Waals surface area contributed by atoms with Crippen molar-refractivity contribution in [2.45, 2.75) is 0 Å². The fourth-order valence-electron chi connectivity index (χ4n) is 11.0. The third-order valence-electron chi connectivity index (χ3n) is 13.5. The van der Waals surface area contributed by atoms with Gasteiger partial charge in [-0.05, 0) is 69.3 Å². The summed E-state index contributed by atoms with van der Waals surface area (Å²) >= 11 is 0. The highest BCUT2D eigenvalue weighted by atomic mass is 28.5. The van der Waals surface area contributed by atoms with E-state index in [0.717, 1.165) is 45.3 Å². The summed E-state index contributed by atoms with van der Waals surface area (Å²) in [5, 5.41) is 9.83. The van der Waals surface area contributed by atoms with Gasteiger partial charge in [0.15, 0.2) is 0 Å². The first-order chi connectivity index (χ1) is 32.8. The standard InChI is InChI=1S/C58H42N6Si2/c1-5-23-43(24-6-1)65(44-25-7-2-8-26-44)63(57-41-21-39-55(59-57)61-51-35-17-13-31-47(51)48-32-14-18-36-52(48)61)66(45-27-9-3-10-28-45,46-29-11-4-12-30-46)64(65)58-42-22-40-56(60-58)62-53-37-19-15-33-49(53)50-34-16-20-38-54(50)62/h1-42H. The van der Waals surface area contributed by atoms with Gasteiger partial charge in [0, 0.05) is 21.5 Å². The van der Waals surface area contributed by atoms with E-state index in [2.05, 4.69) is 272 Å². The van der Waals surface area contributed by atoms with Gasteiger partial charge in [0.05, 0.1) is 22.1 Å². The summed E-state index contributed by atoms with van der Waals surface area (Å²) in [5.41, 5.74) is 4.51. The number of hydrogen-bond donors (Lipinski definition) is 0. The lowest BCUT2D eigenvalue weighted by atomic mass is 10.2. The van der Waals surface area contributed by atoms with E-state index >= 15 is 0 Å². The van der Waals surface area contributed by atoms with Crippen LogP contribution < -0.4 is 29.2 Å². The number of aromatic nitrogens is 4. The van der Waals surface area contributed by atoms with Crippen LogP contribution in [0.15, 0.2) is 255 Å². The summed E-state index contributed by atoms with van der Waals surface area (Å²) in [6, 6.07) is 92.7. The van der Waals surface area contributed by atoms with E-state index in [1.165, 1.54) is 42.3 Å². The van der Waals surface area contributed by atoms with Crippen LogP contribution in [0.2, 0.25) is 0 Å². The molecule has 1 fully saturated rings. The molecule has 66 heavy (non-hydrogen) atoms. The van der Waals surface area contributed by atoms with E-state index in [-0.39, 0.29) is 0 Å². The van der Waals surface area contributed by atoms with Gasteiger partial charge in [0.1, 0.15) is 23.3 Å².